The molecule has 0 radical (unpaired) electrons. The van der Waals surface area contributed by atoms with E-state index in [0.717, 1.165) is 19.5 Å². The maximum absolute atomic E-state index is 9.91. The van der Waals surface area contributed by atoms with Crippen molar-refractivity contribution in [1.82, 2.24) is 5.32 Å². The average molecular weight is 276 g/mol. The minimum atomic E-state index is -0.445. The molecule has 1 fully saturated rings. The van der Waals surface area contributed by atoms with Crippen LogP contribution in [0.1, 0.15) is 12.8 Å². The van der Waals surface area contributed by atoms with E-state index in [9.17, 15) is 5.11 Å². The van der Waals surface area contributed by atoms with Crippen molar-refractivity contribution in [3.63, 3.8) is 0 Å². The molecule has 2 atom stereocenters. The molecule has 0 aromatic heterocycles. The molecular weight excluding hydrogens is 261 g/mol. The Labute approximate surface area is 111 Å². The summed E-state index contributed by atoms with van der Waals surface area (Å²) < 4.78 is 5.75. The van der Waals surface area contributed by atoms with E-state index in [-0.39, 0.29) is 6.10 Å². The molecule has 1 aromatic rings. The average Bonchev–Trinajstić information content (AvgIpc) is 2.50. The Balaban J connectivity index is 2.05. The zero-order valence-corrected chi connectivity index (χ0v) is 10.8. The Morgan fingerprint density at radius 3 is 2.71 bits per heavy atom. The lowest BCUT2D eigenvalue weighted by atomic mass is 10.1. The van der Waals surface area contributed by atoms with Gasteiger partial charge in [-0.2, -0.15) is 0 Å². The number of hydrogen-bond donors (Lipinski definition) is 2. The molecule has 2 rings (SSSR count). The number of rotatable bonds is 2. The molecule has 1 saturated heterocycles. The van der Waals surface area contributed by atoms with Gasteiger partial charge in [0, 0.05) is 6.07 Å². The van der Waals surface area contributed by atoms with Gasteiger partial charge < -0.3 is 15.2 Å². The van der Waals surface area contributed by atoms with Crippen LogP contribution in [0.4, 0.5) is 0 Å². The fraction of sp³-hybridized carbons (Fsp3) is 0.500. The summed E-state index contributed by atoms with van der Waals surface area (Å²) in [7, 11) is 0. The highest BCUT2D eigenvalue weighted by Gasteiger charge is 2.23. The van der Waals surface area contributed by atoms with Crippen molar-refractivity contribution >= 4 is 23.2 Å². The quantitative estimate of drug-likeness (QED) is 0.872. The molecule has 0 saturated carbocycles. The summed E-state index contributed by atoms with van der Waals surface area (Å²) in [6, 6.07) is 5.13. The Morgan fingerprint density at radius 1 is 1.18 bits per heavy atom. The topological polar surface area (TPSA) is 41.5 Å². The van der Waals surface area contributed by atoms with Crippen molar-refractivity contribution in [3.05, 3.63) is 28.2 Å². The second-order valence-corrected chi connectivity index (χ2v) is 4.94. The Morgan fingerprint density at radius 2 is 1.94 bits per heavy atom. The Hall–Kier alpha value is -0.480. The van der Waals surface area contributed by atoms with Gasteiger partial charge in [-0.25, -0.2) is 0 Å². The normalized spacial score (nSPS) is 25.4. The van der Waals surface area contributed by atoms with Gasteiger partial charge in [0.1, 0.15) is 11.9 Å². The number of benzene rings is 1. The van der Waals surface area contributed by atoms with Crippen LogP contribution in [0.25, 0.3) is 0 Å². The smallest absolute Gasteiger partial charge is 0.126 e. The standard InChI is InChI=1S/C12H15Cl2NO2/c13-9-2-1-8(7-10(9)14)17-12-4-6-15-5-3-11(12)16/h1-2,7,11-12,15-16H,3-6H2. The molecule has 1 aliphatic heterocycles. The Kier molecular flexibility index (Phi) is 4.51. The van der Waals surface area contributed by atoms with Crippen molar-refractivity contribution in [2.75, 3.05) is 13.1 Å². The van der Waals surface area contributed by atoms with Gasteiger partial charge in [-0.3, -0.25) is 0 Å². The fourth-order valence-electron chi connectivity index (χ4n) is 1.86. The summed E-state index contributed by atoms with van der Waals surface area (Å²) in [5.41, 5.74) is 0. The molecule has 3 nitrogen and oxygen atoms in total. The van der Waals surface area contributed by atoms with E-state index in [1.165, 1.54) is 0 Å². The number of halogens is 2. The van der Waals surface area contributed by atoms with Crippen molar-refractivity contribution < 1.29 is 9.84 Å². The van der Waals surface area contributed by atoms with E-state index in [2.05, 4.69) is 5.32 Å². The third-order valence-electron chi connectivity index (χ3n) is 2.83. The number of ether oxygens (including phenoxy) is 1. The molecule has 5 heteroatoms. The van der Waals surface area contributed by atoms with Crippen molar-refractivity contribution in [3.8, 4) is 5.75 Å². The molecule has 0 spiro atoms. The third-order valence-corrected chi connectivity index (χ3v) is 3.57. The second-order valence-electron chi connectivity index (χ2n) is 4.13. The van der Waals surface area contributed by atoms with Gasteiger partial charge in [-0.1, -0.05) is 23.2 Å². The van der Waals surface area contributed by atoms with Gasteiger partial charge in [0.2, 0.25) is 0 Å². The summed E-state index contributed by atoms with van der Waals surface area (Å²) in [4.78, 5) is 0. The molecular formula is C12H15Cl2NO2. The van der Waals surface area contributed by atoms with Gasteiger partial charge in [0.15, 0.2) is 0 Å². The summed E-state index contributed by atoms with van der Waals surface area (Å²) in [6.07, 6.45) is 0.842. The van der Waals surface area contributed by atoms with E-state index >= 15 is 0 Å². The Bertz CT molecular complexity index is 387. The zero-order valence-electron chi connectivity index (χ0n) is 9.33. The predicted octanol–water partition coefficient (Wildman–Crippen LogP) is 2.49. The van der Waals surface area contributed by atoms with Crippen LogP contribution < -0.4 is 10.1 Å². The number of hydrogen-bond acceptors (Lipinski definition) is 3. The number of aliphatic hydroxyl groups is 1. The van der Waals surface area contributed by atoms with Gasteiger partial charge in [0.25, 0.3) is 0 Å². The lowest BCUT2D eigenvalue weighted by Crippen LogP contribution is -2.31. The fourth-order valence-corrected chi connectivity index (χ4v) is 2.15. The first-order valence-corrected chi connectivity index (χ1v) is 6.43. The molecule has 0 bridgehead atoms. The lowest BCUT2D eigenvalue weighted by Gasteiger charge is -2.21. The van der Waals surface area contributed by atoms with Crippen LogP contribution in [0.15, 0.2) is 18.2 Å². The van der Waals surface area contributed by atoms with Crippen molar-refractivity contribution in [2.45, 2.75) is 25.0 Å². The highest BCUT2D eigenvalue weighted by atomic mass is 35.5. The van der Waals surface area contributed by atoms with E-state index in [0.29, 0.717) is 22.2 Å². The molecule has 2 N–H and O–H groups in total. The first-order valence-electron chi connectivity index (χ1n) is 5.67. The maximum Gasteiger partial charge on any atom is 0.126 e. The monoisotopic (exact) mass is 275 g/mol. The van der Waals surface area contributed by atoms with Crippen LogP contribution in [0, 0.1) is 0 Å². The predicted molar refractivity (Wildman–Crippen MR) is 69.0 cm³/mol. The molecule has 1 heterocycles. The minimum absolute atomic E-state index is 0.192. The SMILES string of the molecule is OC1CCNCCC1Oc1ccc(Cl)c(Cl)c1. The summed E-state index contributed by atoms with van der Waals surface area (Å²) >= 11 is 11.7. The van der Waals surface area contributed by atoms with Gasteiger partial charge in [-0.15, -0.1) is 0 Å². The number of nitrogens with one attached hydrogen (secondary N) is 1. The van der Waals surface area contributed by atoms with Crippen LogP contribution in [0.2, 0.25) is 10.0 Å². The van der Waals surface area contributed by atoms with Crippen LogP contribution in [-0.4, -0.2) is 30.4 Å². The molecule has 2 unspecified atom stereocenters. The van der Waals surface area contributed by atoms with Crippen LogP contribution >= 0.6 is 23.2 Å². The van der Waals surface area contributed by atoms with E-state index in [1.807, 2.05) is 0 Å². The number of aliphatic hydroxyl groups excluding tert-OH is 1. The van der Waals surface area contributed by atoms with Gasteiger partial charge in [-0.05, 0) is 38.1 Å². The molecule has 17 heavy (non-hydrogen) atoms. The molecule has 0 amide bonds. The minimum Gasteiger partial charge on any atom is -0.488 e. The summed E-state index contributed by atoms with van der Waals surface area (Å²) in [5, 5.41) is 14.1. The third kappa shape index (κ3) is 3.49. The molecule has 1 aromatic carbocycles. The second kappa shape index (κ2) is 5.91. The summed E-state index contributed by atoms with van der Waals surface area (Å²) in [6.45, 7) is 1.67. The van der Waals surface area contributed by atoms with Crippen LogP contribution in [-0.2, 0) is 0 Å². The van der Waals surface area contributed by atoms with E-state index in [1.54, 1.807) is 18.2 Å². The molecule has 0 aliphatic carbocycles. The highest BCUT2D eigenvalue weighted by Crippen LogP contribution is 2.27. The van der Waals surface area contributed by atoms with E-state index in [4.69, 9.17) is 27.9 Å². The van der Waals surface area contributed by atoms with Gasteiger partial charge >= 0.3 is 0 Å². The zero-order chi connectivity index (χ0) is 12.3. The lowest BCUT2D eigenvalue weighted by molar-refractivity contribution is 0.0350. The van der Waals surface area contributed by atoms with E-state index < -0.39 is 6.10 Å². The molecule has 94 valence electrons. The van der Waals surface area contributed by atoms with Gasteiger partial charge in [0.05, 0.1) is 16.1 Å². The van der Waals surface area contributed by atoms with Crippen molar-refractivity contribution in [1.29, 1.82) is 0 Å². The summed E-state index contributed by atoms with van der Waals surface area (Å²) in [5.74, 6) is 0.644. The maximum atomic E-state index is 9.91. The van der Waals surface area contributed by atoms with Crippen molar-refractivity contribution in [2.24, 2.45) is 0 Å². The first kappa shape index (κ1) is 13.0. The molecule has 1 aliphatic rings. The van der Waals surface area contributed by atoms with Crippen LogP contribution in [0.5, 0.6) is 5.75 Å². The largest absolute Gasteiger partial charge is 0.488 e. The first-order chi connectivity index (χ1) is 8.16. The highest BCUT2D eigenvalue weighted by molar-refractivity contribution is 6.42. The van der Waals surface area contributed by atoms with Crippen LogP contribution in [0.3, 0.4) is 0 Å².